The van der Waals surface area contributed by atoms with E-state index in [0.29, 0.717) is 0 Å². The Labute approximate surface area is 328 Å². The molecule has 5 nitrogen and oxygen atoms in total. The average molecular weight is 875 g/mol. The maximum Gasteiger partial charge on any atom is 0.136 e. The van der Waals surface area contributed by atoms with Gasteiger partial charge in [0.25, 0.3) is 0 Å². The fraction of sp³-hybridized carbons (Fsp3) is 0. The largest absolute Gasteiger partial charge is 0.488 e. The predicted molar refractivity (Wildman–Crippen MR) is 214 cm³/mol. The molecular formula is C48H31N4OPt-3. The van der Waals surface area contributed by atoms with E-state index in [2.05, 4.69) is 173 Å². The van der Waals surface area contributed by atoms with Crippen molar-refractivity contribution in [2.24, 2.45) is 0 Å². The first-order chi connectivity index (χ1) is 26.3. The maximum absolute atomic E-state index is 6.05. The molecule has 6 heteroatoms. The van der Waals surface area contributed by atoms with Crippen molar-refractivity contribution in [1.29, 1.82) is 0 Å². The summed E-state index contributed by atoms with van der Waals surface area (Å²) < 4.78 is 8.18. The Kier molecular flexibility index (Phi) is 8.78. The average Bonchev–Trinajstić information content (AvgIpc) is 3.94. The molecule has 0 N–H and O–H groups in total. The van der Waals surface area contributed by atoms with Crippen LogP contribution in [0.2, 0.25) is 0 Å². The van der Waals surface area contributed by atoms with Gasteiger partial charge in [0.1, 0.15) is 11.4 Å². The molecule has 0 bridgehead atoms. The van der Waals surface area contributed by atoms with Gasteiger partial charge in [-0.05, 0) is 64.0 Å². The number of fused-ring (bicyclic) bond motifs is 4. The van der Waals surface area contributed by atoms with Gasteiger partial charge in [0.05, 0.1) is 11.8 Å². The van der Waals surface area contributed by atoms with Crippen molar-refractivity contribution < 1.29 is 25.5 Å². The summed E-state index contributed by atoms with van der Waals surface area (Å²) in [6.45, 7) is 2.15. The summed E-state index contributed by atoms with van der Waals surface area (Å²) in [4.78, 5) is 9.19. The molecule has 9 aromatic rings. The third-order valence-electron chi connectivity index (χ3n) is 9.78. The zero-order valence-electron chi connectivity index (χ0n) is 28.9. The van der Waals surface area contributed by atoms with E-state index in [9.17, 15) is 0 Å². The molecule has 0 saturated heterocycles. The van der Waals surface area contributed by atoms with E-state index in [4.69, 9.17) is 9.40 Å². The Morgan fingerprint density at radius 3 is 1.91 bits per heavy atom. The van der Waals surface area contributed by atoms with E-state index in [0.717, 1.165) is 84.0 Å². The van der Waals surface area contributed by atoms with Gasteiger partial charge in [0.15, 0.2) is 0 Å². The number of benzene rings is 6. The molecule has 4 heterocycles. The van der Waals surface area contributed by atoms with Crippen LogP contribution in [0.5, 0.6) is 0 Å². The van der Waals surface area contributed by atoms with E-state index < -0.39 is 0 Å². The minimum absolute atomic E-state index is 0. The van der Waals surface area contributed by atoms with Crippen molar-refractivity contribution in [3.63, 3.8) is 0 Å². The second-order valence-corrected chi connectivity index (χ2v) is 12.9. The molecule has 1 aliphatic heterocycles. The minimum Gasteiger partial charge on any atom is -0.488 e. The third-order valence-corrected chi connectivity index (χ3v) is 9.78. The fourth-order valence-electron chi connectivity index (χ4n) is 7.43. The van der Waals surface area contributed by atoms with Crippen molar-refractivity contribution in [2.75, 3.05) is 9.80 Å². The zero-order valence-corrected chi connectivity index (χ0v) is 31.2. The van der Waals surface area contributed by atoms with Crippen molar-refractivity contribution in [3.05, 3.63) is 223 Å². The van der Waals surface area contributed by atoms with Crippen LogP contribution in [0.3, 0.4) is 0 Å². The molecule has 0 amide bonds. The quantitative estimate of drug-likeness (QED) is 0.118. The van der Waals surface area contributed by atoms with Gasteiger partial charge in [-0.1, -0.05) is 103 Å². The van der Waals surface area contributed by atoms with Crippen LogP contribution in [0, 0.1) is 18.8 Å². The van der Waals surface area contributed by atoms with Gasteiger partial charge >= 0.3 is 0 Å². The first kappa shape index (κ1) is 33.4. The summed E-state index contributed by atoms with van der Waals surface area (Å²) in [5.74, 6) is 0.805. The summed E-state index contributed by atoms with van der Waals surface area (Å²) in [7, 11) is 0. The van der Waals surface area contributed by atoms with E-state index in [1.54, 1.807) is 6.26 Å². The monoisotopic (exact) mass is 874 g/mol. The van der Waals surface area contributed by atoms with E-state index in [1.165, 1.54) is 0 Å². The molecular weight excluding hydrogens is 844 g/mol. The molecule has 10 rings (SSSR count). The SMILES string of the molecule is [Pt].[c-]1c(C(=C(c2ccccc2)c2ccccc2)c2[c-]c3c(cc2)c2occc2n3-c2ccccn2)cccc1N1[CH-]N(c2ccccc2)c2ccccc21. The van der Waals surface area contributed by atoms with Gasteiger partial charge in [0, 0.05) is 50.4 Å². The van der Waals surface area contributed by atoms with Crippen LogP contribution in [-0.4, -0.2) is 9.55 Å². The number of hydrogen-bond donors (Lipinski definition) is 0. The molecule has 262 valence electrons. The molecule has 0 radical (unpaired) electrons. The van der Waals surface area contributed by atoms with E-state index >= 15 is 0 Å². The molecule has 3 aromatic heterocycles. The molecule has 0 unspecified atom stereocenters. The predicted octanol–water partition coefficient (Wildman–Crippen LogP) is 11.8. The van der Waals surface area contributed by atoms with E-state index in [-0.39, 0.29) is 21.1 Å². The van der Waals surface area contributed by atoms with Crippen molar-refractivity contribution >= 4 is 55.9 Å². The molecule has 0 fully saturated rings. The van der Waals surface area contributed by atoms with Crippen molar-refractivity contribution in [2.45, 2.75) is 0 Å². The van der Waals surface area contributed by atoms with Gasteiger partial charge < -0.3 is 18.8 Å². The smallest absolute Gasteiger partial charge is 0.136 e. The van der Waals surface area contributed by atoms with E-state index in [1.807, 2.05) is 36.5 Å². The van der Waals surface area contributed by atoms with Crippen LogP contribution in [0.25, 0.3) is 39.0 Å². The molecule has 1 aliphatic rings. The number of para-hydroxylation sites is 3. The Balaban J connectivity index is 0.00000384. The van der Waals surface area contributed by atoms with Gasteiger partial charge in [-0.3, -0.25) is 0 Å². The van der Waals surface area contributed by atoms with Crippen LogP contribution in [0.4, 0.5) is 22.7 Å². The number of pyridine rings is 1. The molecule has 0 aliphatic carbocycles. The number of hydrogen-bond acceptors (Lipinski definition) is 4. The Bertz CT molecular complexity index is 2720. The summed E-state index contributed by atoms with van der Waals surface area (Å²) >= 11 is 0. The Morgan fingerprint density at radius 1 is 0.556 bits per heavy atom. The minimum atomic E-state index is 0. The molecule has 0 saturated carbocycles. The van der Waals surface area contributed by atoms with Crippen LogP contribution >= 0.6 is 0 Å². The first-order valence-electron chi connectivity index (χ1n) is 17.6. The first-order valence-corrected chi connectivity index (χ1v) is 17.6. The maximum atomic E-state index is 6.05. The van der Waals surface area contributed by atoms with Crippen molar-refractivity contribution in [3.8, 4) is 5.82 Å². The number of rotatable bonds is 7. The fourth-order valence-corrected chi connectivity index (χ4v) is 7.43. The van der Waals surface area contributed by atoms with Crippen molar-refractivity contribution in [1.82, 2.24) is 9.55 Å². The van der Waals surface area contributed by atoms with Gasteiger partial charge in [0.2, 0.25) is 0 Å². The van der Waals surface area contributed by atoms with Crippen LogP contribution in [0.1, 0.15) is 22.3 Å². The third kappa shape index (κ3) is 5.74. The molecule has 0 atom stereocenters. The standard InChI is InChI=1S/C48H31N4O.Pt/c1-4-15-34(16-5-1)46(35-17-6-2-7-18-35)47(37-26-27-40-44(32-37)52(43-28-30-53-48(40)43)45-25-12-13-29-49-45)36-19-14-22-39(31-36)51-33-50(38-20-8-3-9-21-38)41-23-10-11-24-42(41)51;/h1-30,33H;/q-3;. The Morgan fingerprint density at radius 2 is 1.20 bits per heavy atom. The number of anilines is 4. The number of furan rings is 1. The summed E-state index contributed by atoms with van der Waals surface area (Å²) in [6.07, 6.45) is 3.55. The van der Waals surface area contributed by atoms with Gasteiger partial charge in [-0.2, -0.15) is 0 Å². The number of aromatic nitrogens is 2. The number of nitrogens with zero attached hydrogens (tertiary/aromatic N) is 4. The normalized spacial score (nSPS) is 12.1. The molecule has 0 spiro atoms. The Hall–Kier alpha value is -6.42. The molecule has 6 aromatic carbocycles. The van der Waals surface area contributed by atoms with Crippen LogP contribution in [-0.2, 0) is 21.1 Å². The zero-order chi connectivity index (χ0) is 35.1. The van der Waals surface area contributed by atoms with Gasteiger partial charge in [-0.15, -0.1) is 65.8 Å². The molecule has 54 heavy (non-hydrogen) atoms. The van der Waals surface area contributed by atoms with Gasteiger partial charge in [-0.25, -0.2) is 4.98 Å². The summed E-state index contributed by atoms with van der Waals surface area (Å²) in [6, 6.07) is 66.6. The summed E-state index contributed by atoms with van der Waals surface area (Å²) in [5.41, 5.74) is 13.1. The second-order valence-electron chi connectivity index (χ2n) is 12.9. The second kappa shape index (κ2) is 14.2. The summed E-state index contributed by atoms with van der Waals surface area (Å²) in [5, 5.41) is 0.974. The van der Waals surface area contributed by atoms with Crippen LogP contribution < -0.4 is 9.80 Å². The van der Waals surface area contributed by atoms with Crippen LogP contribution in [0.15, 0.2) is 187 Å². The topological polar surface area (TPSA) is 37.4 Å².